The first kappa shape index (κ1) is 10.8. The number of fused-ring (bicyclic) bond motifs is 1. The number of hydrogen-bond donors (Lipinski definition) is 0. The highest BCUT2D eigenvalue weighted by Gasteiger charge is 1.99. The molecule has 0 radical (unpaired) electrons. The van der Waals surface area contributed by atoms with Crippen molar-refractivity contribution < 1.29 is 5.11 Å². The number of allylic oxidation sites excluding steroid dienone is 3. The third-order valence-corrected chi connectivity index (χ3v) is 3.01. The van der Waals surface area contributed by atoms with Crippen LogP contribution in [0.2, 0.25) is 0 Å². The normalized spacial score (nSPS) is 15.1. The van der Waals surface area contributed by atoms with E-state index in [1.807, 2.05) is 60.7 Å². The van der Waals surface area contributed by atoms with Crippen LogP contribution in [-0.4, -0.2) is 5.90 Å². The third-order valence-electron chi connectivity index (χ3n) is 3.01. The fourth-order valence-corrected chi connectivity index (χ4v) is 2.04. The van der Waals surface area contributed by atoms with Gasteiger partial charge in [-0.3, -0.25) is 4.99 Å². The first-order valence-corrected chi connectivity index (χ1v) is 5.93. The number of benzene rings is 2. The highest BCUT2D eigenvalue weighted by molar-refractivity contribution is 5.94. The zero-order valence-corrected chi connectivity index (χ0v) is 9.84. The fourth-order valence-electron chi connectivity index (χ4n) is 2.04. The molecule has 0 saturated carbocycles. The van der Waals surface area contributed by atoms with Gasteiger partial charge in [-0.2, -0.15) is 0 Å². The van der Waals surface area contributed by atoms with E-state index >= 15 is 0 Å². The van der Waals surface area contributed by atoms with E-state index in [0.717, 1.165) is 16.3 Å². The number of rotatable bonds is 2. The average molecular weight is 234 g/mol. The quantitative estimate of drug-likeness (QED) is 0.581. The summed E-state index contributed by atoms with van der Waals surface area (Å²) in [5, 5.41) is 14.1. The lowest BCUT2D eigenvalue weighted by molar-refractivity contribution is -0.213. The van der Waals surface area contributed by atoms with E-state index in [2.05, 4.69) is 4.99 Å². The van der Waals surface area contributed by atoms with Crippen molar-refractivity contribution in [1.29, 1.82) is 0 Å². The Morgan fingerprint density at radius 3 is 2.67 bits per heavy atom. The largest absolute Gasteiger partial charge is 0.858 e. The maximum atomic E-state index is 11.9. The van der Waals surface area contributed by atoms with E-state index in [-0.39, 0.29) is 5.90 Å². The van der Waals surface area contributed by atoms with E-state index in [4.69, 9.17) is 0 Å². The van der Waals surface area contributed by atoms with Crippen LogP contribution in [0.1, 0.15) is 6.42 Å². The van der Waals surface area contributed by atoms with Gasteiger partial charge in [-0.1, -0.05) is 48.6 Å². The minimum absolute atomic E-state index is 0.143. The topological polar surface area (TPSA) is 35.4 Å². The molecule has 0 bridgehead atoms. The molecule has 2 aromatic rings. The molecule has 88 valence electrons. The summed E-state index contributed by atoms with van der Waals surface area (Å²) in [5.41, 5.74) is 1.47. The molecule has 2 heteroatoms. The summed E-state index contributed by atoms with van der Waals surface area (Å²) < 4.78 is 0. The summed E-state index contributed by atoms with van der Waals surface area (Å²) in [5.74, 6) is -0.143. The van der Waals surface area contributed by atoms with Gasteiger partial charge in [-0.15, -0.1) is 0 Å². The van der Waals surface area contributed by atoms with Crippen LogP contribution in [0.3, 0.4) is 0 Å². The Morgan fingerprint density at radius 1 is 1.06 bits per heavy atom. The van der Waals surface area contributed by atoms with Crippen LogP contribution in [0.25, 0.3) is 10.8 Å². The zero-order valence-electron chi connectivity index (χ0n) is 9.84. The molecule has 1 aliphatic carbocycles. The minimum atomic E-state index is -0.143. The summed E-state index contributed by atoms with van der Waals surface area (Å²) >= 11 is 0. The van der Waals surface area contributed by atoms with Gasteiger partial charge in [0.05, 0.1) is 5.69 Å². The van der Waals surface area contributed by atoms with E-state index < -0.39 is 0 Å². The second kappa shape index (κ2) is 4.49. The molecule has 2 nitrogen and oxygen atoms in total. The zero-order chi connectivity index (χ0) is 12.4. The number of aliphatic imine (C=N–C) groups is 1. The smallest absolute Gasteiger partial charge is 0.0628 e. The molecule has 0 N–H and O–H groups in total. The van der Waals surface area contributed by atoms with Crippen molar-refractivity contribution >= 4 is 22.4 Å². The van der Waals surface area contributed by atoms with Crippen LogP contribution < -0.4 is 5.11 Å². The molecule has 0 unspecified atom stereocenters. The molecular formula is C16H12NO-. The molecule has 0 fully saturated rings. The van der Waals surface area contributed by atoms with Crippen molar-refractivity contribution in [3.63, 3.8) is 0 Å². The Bertz CT molecular complexity index is 680. The lowest BCUT2D eigenvalue weighted by Gasteiger charge is -2.11. The Labute approximate surface area is 106 Å². The molecule has 0 heterocycles. The average Bonchev–Trinajstić information content (AvgIpc) is 2.92. The molecule has 2 aromatic carbocycles. The molecule has 0 spiro atoms. The summed E-state index contributed by atoms with van der Waals surface area (Å²) in [4.78, 5) is 4.14. The molecule has 0 aliphatic heterocycles. The summed E-state index contributed by atoms with van der Waals surface area (Å²) in [6.45, 7) is 0. The molecule has 1 aliphatic rings. The molecule has 0 saturated heterocycles. The molecule has 3 rings (SSSR count). The van der Waals surface area contributed by atoms with Crippen LogP contribution in [0.5, 0.6) is 0 Å². The van der Waals surface area contributed by atoms with Crippen molar-refractivity contribution in [1.82, 2.24) is 0 Å². The van der Waals surface area contributed by atoms with Gasteiger partial charge in [-0.25, -0.2) is 0 Å². The lowest BCUT2D eigenvalue weighted by Crippen LogP contribution is -2.18. The van der Waals surface area contributed by atoms with E-state index in [1.54, 1.807) is 0 Å². The summed E-state index contributed by atoms with van der Waals surface area (Å²) in [7, 11) is 0. The maximum Gasteiger partial charge on any atom is 0.0628 e. The minimum Gasteiger partial charge on any atom is -0.858 e. The van der Waals surface area contributed by atoms with Crippen LogP contribution in [0.15, 0.2) is 71.3 Å². The first-order valence-electron chi connectivity index (χ1n) is 5.93. The van der Waals surface area contributed by atoms with Crippen molar-refractivity contribution in [2.24, 2.45) is 4.99 Å². The van der Waals surface area contributed by atoms with Crippen molar-refractivity contribution in [3.8, 4) is 0 Å². The van der Waals surface area contributed by atoms with E-state index in [0.29, 0.717) is 12.1 Å². The van der Waals surface area contributed by atoms with Gasteiger partial charge in [0.25, 0.3) is 0 Å². The second-order valence-electron chi connectivity index (χ2n) is 4.27. The summed E-state index contributed by atoms with van der Waals surface area (Å²) in [6, 6.07) is 13.9. The van der Waals surface area contributed by atoms with Gasteiger partial charge in [0.2, 0.25) is 0 Å². The van der Waals surface area contributed by atoms with Crippen LogP contribution >= 0.6 is 0 Å². The Balaban J connectivity index is 1.97. The molecule has 18 heavy (non-hydrogen) atoms. The van der Waals surface area contributed by atoms with Gasteiger partial charge >= 0.3 is 0 Å². The first-order chi connectivity index (χ1) is 8.83. The molecule has 0 atom stereocenters. The molecular weight excluding hydrogens is 222 g/mol. The number of nitrogens with zero attached hydrogens (tertiary/aromatic N) is 1. The predicted molar refractivity (Wildman–Crippen MR) is 72.9 cm³/mol. The Kier molecular flexibility index (Phi) is 2.69. The second-order valence-corrected chi connectivity index (χ2v) is 4.27. The van der Waals surface area contributed by atoms with Crippen molar-refractivity contribution in [2.75, 3.05) is 0 Å². The highest BCUT2D eigenvalue weighted by atomic mass is 16.3. The van der Waals surface area contributed by atoms with Gasteiger partial charge in [-0.05, 0) is 40.8 Å². The van der Waals surface area contributed by atoms with Crippen LogP contribution in [0.4, 0.5) is 5.69 Å². The van der Waals surface area contributed by atoms with Crippen LogP contribution in [0, 0.1) is 0 Å². The Hall–Kier alpha value is -2.35. The van der Waals surface area contributed by atoms with Gasteiger partial charge in [0.1, 0.15) is 0 Å². The van der Waals surface area contributed by atoms with E-state index in [1.165, 1.54) is 0 Å². The van der Waals surface area contributed by atoms with Crippen LogP contribution in [-0.2, 0) is 0 Å². The standard InChI is InChI=1S/C16H13NO/c18-16(13-6-2-3-7-13)17-15-10-9-12-5-1-4-8-14(12)11-15/h1-6,8-11H,7H2,(H,17,18)/p-1. The third kappa shape index (κ3) is 2.05. The summed E-state index contributed by atoms with van der Waals surface area (Å²) in [6.07, 6.45) is 6.37. The molecule has 0 amide bonds. The fraction of sp³-hybridized carbons (Fsp3) is 0.0625. The highest BCUT2D eigenvalue weighted by Crippen LogP contribution is 2.22. The number of hydrogen-bond acceptors (Lipinski definition) is 2. The van der Waals surface area contributed by atoms with Crippen molar-refractivity contribution in [2.45, 2.75) is 6.42 Å². The SMILES string of the molecule is [O-]C(=Nc1ccc2ccccc2c1)C1=CC=CC1. The van der Waals surface area contributed by atoms with Gasteiger partial charge in [0, 0.05) is 0 Å². The lowest BCUT2D eigenvalue weighted by atomic mass is 10.1. The predicted octanol–water partition coefficient (Wildman–Crippen LogP) is 3.12. The monoisotopic (exact) mass is 234 g/mol. The van der Waals surface area contributed by atoms with Gasteiger partial charge < -0.3 is 5.11 Å². The van der Waals surface area contributed by atoms with Gasteiger partial charge in [0.15, 0.2) is 0 Å². The van der Waals surface area contributed by atoms with Crippen molar-refractivity contribution in [3.05, 3.63) is 66.3 Å². The maximum absolute atomic E-state index is 11.9. The van der Waals surface area contributed by atoms with E-state index in [9.17, 15) is 5.11 Å². The molecule has 0 aromatic heterocycles. The Morgan fingerprint density at radius 2 is 1.89 bits per heavy atom.